The second-order valence-electron chi connectivity index (χ2n) is 3.83. The van der Waals surface area contributed by atoms with Gasteiger partial charge in [0.1, 0.15) is 0 Å². The van der Waals surface area contributed by atoms with Crippen LogP contribution in [0.1, 0.15) is 0 Å². The highest BCUT2D eigenvalue weighted by atomic mass is 32.3. The van der Waals surface area contributed by atoms with Gasteiger partial charge in [-0.2, -0.15) is 52.3 Å². The largest absolute Gasteiger partial charge is 0.471 e. The summed E-state index contributed by atoms with van der Waals surface area (Å²) in [6, 6.07) is 0. The molecule has 0 amide bonds. The molecule has 0 bridgehead atoms. The molecule has 0 aromatic heterocycles. The van der Waals surface area contributed by atoms with Gasteiger partial charge in [-0.15, -0.1) is 0 Å². The lowest BCUT2D eigenvalue weighted by atomic mass is 10.7. The molecular weight excluding hydrogens is 486 g/mol. The average Bonchev–Trinajstić information content (AvgIpc) is 2.33. The Bertz CT molecular complexity index is 898. The van der Waals surface area contributed by atoms with Crippen LogP contribution >= 0.6 is 0 Å². The number of hydrogen-bond donors (Lipinski definition) is 0. The number of isocyanates is 1. The SMILES string of the molecule is O=C=NS(=O)(=O)N(S(=O)(=O)C(F)(F)C(F)(F)F)S(=O)(=O)C(F)(F)C(F)(F)F. The van der Waals surface area contributed by atoms with E-state index in [2.05, 4.69) is 0 Å². The smallest absolute Gasteiger partial charge is 0.210 e. The molecule has 0 aliphatic rings. The van der Waals surface area contributed by atoms with Gasteiger partial charge in [0.05, 0.1) is 0 Å². The van der Waals surface area contributed by atoms with Crippen molar-refractivity contribution in [3.05, 3.63) is 0 Å². The van der Waals surface area contributed by atoms with Gasteiger partial charge in [0.15, 0.2) is 0 Å². The first-order valence-corrected chi connectivity index (χ1v) is 9.23. The molecule has 0 rings (SSSR count). The third-order valence-electron chi connectivity index (χ3n) is 2.04. The van der Waals surface area contributed by atoms with Gasteiger partial charge < -0.3 is 0 Å². The van der Waals surface area contributed by atoms with E-state index in [0.29, 0.717) is 0 Å². The van der Waals surface area contributed by atoms with E-state index in [-0.39, 0.29) is 6.08 Å². The first-order valence-electron chi connectivity index (χ1n) is 4.96. The molecule has 0 atom stereocenters. The van der Waals surface area contributed by atoms with E-state index in [0.717, 1.165) is 4.40 Å². The maximum Gasteiger partial charge on any atom is 0.471 e. The molecule has 27 heavy (non-hydrogen) atoms. The summed E-state index contributed by atoms with van der Waals surface area (Å²) in [5.41, 5.74) is 0. The van der Waals surface area contributed by atoms with Crippen LogP contribution in [0.4, 0.5) is 43.9 Å². The highest BCUT2D eigenvalue weighted by Gasteiger charge is 2.78. The van der Waals surface area contributed by atoms with E-state index in [1.807, 2.05) is 0 Å². The molecule has 0 N–H and O–H groups in total. The maximum absolute atomic E-state index is 13.0. The minimum Gasteiger partial charge on any atom is -0.210 e. The molecular formula is C5F10N2O7S3. The summed E-state index contributed by atoms with van der Waals surface area (Å²) in [4.78, 5) is 9.77. The molecule has 0 aromatic carbocycles. The minimum absolute atomic E-state index is 0.323. The third kappa shape index (κ3) is 3.88. The van der Waals surface area contributed by atoms with Gasteiger partial charge in [0, 0.05) is 3.12 Å². The highest BCUT2D eigenvalue weighted by molar-refractivity contribution is 8.17. The Labute approximate surface area is 141 Å². The Morgan fingerprint density at radius 1 is 0.630 bits per heavy atom. The van der Waals surface area contributed by atoms with Crippen LogP contribution in [-0.4, -0.2) is 57.3 Å². The summed E-state index contributed by atoms with van der Waals surface area (Å²) in [6.45, 7) is 0. The van der Waals surface area contributed by atoms with E-state index >= 15 is 0 Å². The first kappa shape index (κ1) is 25.5. The monoisotopic (exact) mass is 486 g/mol. The number of alkyl halides is 10. The van der Waals surface area contributed by atoms with Crippen molar-refractivity contribution in [2.45, 2.75) is 22.9 Å². The lowest BCUT2D eigenvalue weighted by Gasteiger charge is -2.28. The van der Waals surface area contributed by atoms with E-state index in [9.17, 15) is 74.0 Å². The zero-order chi connectivity index (χ0) is 22.5. The van der Waals surface area contributed by atoms with Crippen molar-refractivity contribution in [3.8, 4) is 0 Å². The Morgan fingerprint density at radius 2 is 0.889 bits per heavy atom. The normalized spacial score (nSPS) is 15.5. The predicted molar refractivity (Wildman–Crippen MR) is 58.7 cm³/mol. The van der Waals surface area contributed by atoms with Crippen LogP contribution in [0.3, 0.4) is 0 Å². The topological polar surface area (TPSA) is 135 Å². The number of hydrogen-bond acceptors (Lipinski definition) is 7. The molecule has 160 valence electrons. The Kier molecular flexibility index (Phi) is 6.16. The average molecular weight is 486 g/mol. The fourth-order valence-electron chi connectivity index (χ4n) is 0.937. The van der Waals surface area contributed by atoms with Gasteiger partial charge in [-0.3, -0.25) is 0 Å². The zero-order valence-corrected chi connectivity index (χ0v) is 13.7. The van der Waals surface area contributed by atoms with Crippen molar-refractivity contribution < 1.29 is 74.0 Å². The molecule has 0 aliphatic heterocycles. The number of halogens is 10. The van der Waals surface area contributed by atoms with E-state index < -0.39 is 56.2 Å². The van der Waals surface area contributed by atoms with Crippen molar-refractivity contribution in [2.75, 3.05) is 0 Å². The molecule has 0 saturated carbocycles. The fraction of sp³-hybridized carbons (Fsp3) is 0.800. The van der Waals surface area contributed by atoms with Crippen molar-refractivity contribution in [2.24, 2.45) is 4.40 Å². The number of nitrogens with zero attached hydrogens (tertiary/aromatic N) is 2. The molecule has 0 spiro atoms. The third-order valence-corrected chi connectivity index (χ3v) is 8.75. The van der Waals surface area contributed by atoms with Gasteiger partial charge in [0.2, 0.25) is 0 Å². The van der Waals surface area contributed by atoms with Gasteiger partial charge in [-0.05, 0) is 0 Å². The molecule has 0 heterocycles. The first-order chi connectivity index (χ1) is 11.4. The van der Waals surface area contributed by atoms with Gasteiger partial charge >= 0.3 is 53.1 Å². The summed E-state index contributed by atoms with van der Waals surface area (Å²) in [5.74, 6) is 0. The van der Waals surface area contributed by atoms with Crippen LogP contribution in [0.15, 0.2) is 4.40 Å². The fourth-order valence-corrected chi connectivity index (χ4v) is 6.40. The maximum atomic E-state index is 13.0. The van der Waals surface area contributed by atoms with Crippen LogP contribution in [-0.2, 0) is 35.1 Å². The summed E-state index contributed by atoms with van der Waals surface area (Å²) >= 11 is 0. The second-order valence-corrected chi connectivity index (χ2v) is 9.63. The molecule has 0 radical (unpaired) electrons. The quantitative estimate of drug-likeness (QED) is 0.309. The number of sulfonamides is 2. The Balaban J connectivity index is 7.41. The van der Waals surface area contributed by atoms with Crippen LogP contribution in [0.5, 0.6) is 0 Å². The van der Waals surface area contributed by atoms with E-state index in [4.69, 9.17) is 0 Å². The lowest BCUT2D eigenvalue weighted by molar-refractivity contribution is -0.243. The van der Waals surface area contributed by atoms with Gasteiger partial charge in [-0.1, -0.05) is 4.40 Å². The molecule has 0 unspecified atom stereocenters. The van der Waals surface area contributed by atoms with Crippen LogP contribution in [0.2, 0.25) is 0 Å². The molecule has 22 heteroatoms. The number of rotatable bonds is 6. The van der Waals surface area contributed by atoms with Crippen molar-refractivity contribution in [3.63, 3.8) is 0 Å². The molecule has 0 saturated heterocycles. The highest BCUT2D eigenvalue weighted by Crippen LogP contribution is 2.48. The predicted octanol–water partition coefficient (Wildman–Crippen LogP) is 0.839. The van der Waals surface area contributed by atoms with Gasteiger partial charge in [-0.25, -0.2) is 21.6 Å². The molecule has 9 nitrogen and oxygen atoms in total. The summed E-state index contributed by atoms with van der Waals surface area (Å²) in [7, 11) is -24.4. The van der Waals surface area contributed by atoms with E-state index in [1.54, 1.807) is 0 Å². The molecule has 0 aliphatic carbocycles. The van der Waals surface area contributed by atoms with Crippen molar-refractivity contribution in [1.82, 2.24) is 3.12 Å². The standard InChI is InChI=1S/C5F10N2O7S3/c6-2(7,8)4(12,13)25(19,20)17(27(23,24)16-1-18)26(21,22)5(14,15)3(9,10)11. The summed E-state index contributed by atoms with van der Waals surface area (Å²) in [6.07, 6.45) is -15.1. The minimum atomic E-state index is -8.49. The van der Waals surface area contributed by atoms with Gasteiger partial charge in [0.25, 0.3) is 6.08 Å². The van der Waals surface area contributed by atoms with Crippen LogP contribution in [0.25, 0.3) is 0 Å². The van der Waals surface area contributed by atoms with E-state index in [1.165, 1.54) is 0 Å². The van der Waals surface area contributed by atoms with Crippen LogP contribution < -0.4 is 0 Å². The molecule has 0 aromatic rings. The molecule has 0 fully saturated rings. The van der Waals surface area contributed by atoms with Crippen molar-refractivity contribution >= 4 is 36.3 Å². The Morgan fingerprint density at radius 3 is 1.07 bits per heavy atom. The van der Waals surface area contributed by atoms with Crippen molar-refractivity contribution in [1.29, 1.82) is 0 Å². The second kappa shape index (κ2) is 6.53. The Hall–Kier alpha value is -1.51. The van der Waals surface area contributed by atoms with Crippen LogP contribution in [0, 0.1) is 0 Å². The number of carbonyl (C=O) groups excluding carboxylic acids is 1. The summed E-state index contributed by atoms with van der Waals surface area (Å²) in [5, 5.41) is -15.1. The lowest BCUT2D eigenvalue weighted by Crippen LogP contribution is -2.60. The zero-order valence-electron chi connectivity index (χ0n) is 11.3. The summed E-state index contributed by atoms with van der Waals surface area (Å²) < 4.78 is 189.